The van der Waals surface area contributed by atoms with Crippen molar-refractivity contribution in [3.63, 3.8) is 0 Å². The third kappa shape index (κ3) is 3.58. The molecule has 0 unspecified atom stereocenters. The monoisotopic (exact) mass is 261 g/mol. The SMILES string of the molecule is CC(C)Oc1ccc(-c2nc(CC(=O)O)co2)cc1. The Morgan fingerprint density at radius 3 is 2.63 bits per heavy atom. The quantitative estimate of drug-likeness (QED) is 0.895. The van der Waals surface area contributed by atoms with E-state index in [4.69, 9.17) is 14.3 Å². The molecule has 0 radical (unpaired) electrons. The van der Waals surface area contributed by atoms with Crippen molar-refractivity contribution < 1.29 is 19.1 Å². The number of benzene rings is 1. The van der Waals surface area contributed by atoms with Gasteiger partial charge in [0, 0.05) is 5.56 Å². The molecule has 0 aliphatic carbocycles. The fourth-order valence-corrected chi connectivity index (χ4v) is 1.62. The minimum Gasteiger partial charge on any atom is -0.491 e. The summed E-state index contributed by atoms with van der Waals surface area (Å²) in [4.78, 5) is 14.7. The average molecular weight is 261 g/mol. The van der Waals surface area contributed by atoms with Crippen LogP contribution < -0.4 is 4.74 Å². The summed E-state index contributed by atoms with van der Waals surface area (Å²) in [5, 5.41) is 8.67. The molecule has 19 heavy (non-hydrogen) atoms. The van der Waals surface area contributed by atoms with Gasteiger partial charge in [-0.05, 0) is 38.1 Å². The number of carboxylic acids is 1. The summed E-state index contributed by atoms with van der Waals surface area (Å²) in [7, 11) is 0. The lowest BCUT2D eigenvalue weighted by Crippen LogP contribution is -2.05. The molecule has 0 spiro atoms. The molecule has 0 saturated carbocycles. The van der Waals surface area contributed by atoms with E-state index in [0.717, 1.165) is 11.3 Å². The number of rotatable bonds is 5. The number of aromatic nitrogens is 1. The largest absolute Gasteiger partial charge is 0.491 e. The van der Waals surface area contributed by atoms with E-state index in [9.17, 15) is 4.79 Å². The number of ether oxygens (including phenoxy) is 1. The zero-order valence-corrected chi connectivity index (χ0v) is 10.8. The maximum atomic E-state index is 10.6. The zero-order valence-electron chi connectivity index (χ0n) is 10.8. The van der Waals surface area contributed by atoms with Crippen molar-refractivity contribution in [1.82, 2.24) is 4.98 Å². The summed E-state index contributed by atoms with van der Waals surface area (Å²) in [5.74, 6) is 0.254. The molecular formula is C14H15NO4. The normalized spacial score (nSPS) is 10.7. The highest BCUT2D eigenvalue weighted by atomic mass is 16.5. The van der Waals surface area contributed by atoms with E-state index in [1.807, 2.05) is 38.1 Å². The van der Waals surface area contributed by atoms with Gasteiger partial charge >= 0.3 is 5.97 Å². The predicted molar refractivity (Wildman–Crippen MR) is 69.0 cm³/mol. The molecule has 5 nitrogen and oxygen atoms in total. The Hall–Kier alpha value is -2.30. The molecule has 0 aliphatic rings. The van der Waals surface area contributed by atoms with Gasteiger partial charge in [0.05, 0.1) is 18.2 Å². The van der Waals surface area contributed by atoms with Gasteiger partial charge in [0.2, 0.25) is 5.89 Å². The summed E-state index contributed by atoms with van der Waals surface area (Å²) in [6.45, 7) is 3.92. The standard InChI is InChI=1S/C14H15NO4/c1-9(2)19-12-5-3-10(4-6-12)14-15-11(8-18-14)7-13(16)17/h3-6,8-9H,7H2,1-2H3,(H,16,17). The van der Waals surface area contributed by atoms with E-state index < -0.39 is 5.97 Å². The van der Waals surface area contributed by atoms with Crippen molar-refractivity contribution in [2.45, 2.75) is 26.4 Å². The highest BCUT2D eigenvalue weighted by molar-refractivity contribution is 5.69. The summed E-state index contributed by atoms with van der Waals surface area (Å²) >= 11 is 0. The number of hydrogen-bond acceptors (Lipinski definition) is 4. The number of carbonyl (C=O) groups is 1. The Balaban J connectivity index is 2.13. The lowest BCUT2D eigenvalue weighted by atomic mass is 10.2. The van der Waals surface area contributed by atoms with E-state index in [1.165, 1.54) is 6.26 Å². The Kier molecular flexibility index (Phi) is 3.85. The van der Waals surface area contributed by atoms with E-state index in [0.29, 0.717) is 11.6 Å². The third-order valence-electron chi connectivity index (χ3n) is 2.36. The zero-order chi connectivity index (χ0) is 13.8. The molecule has 5 heteroatoms. The first kappa shape index (κ1) is 13.1. The van der Waals surface area contributed by atoms with E-state index in [2.05, 4.69) is 4.98 Å². The van der Waals surface area contributed by atoms with Gasteiger partial charge in [-0.3, -0.25) is 4.79 Å². The maximum absolute atomic E-state index is 10.6. The molecule has 100 valence electrons. The minimum absolute atomic E-state index is 0.120. The molecule has 0 fully saturated rings. The molecule has 0 amide bonds. The van der Waals surface area contributed by atoms with Crippen LogP contribution >= 0.6 is 0 Å². The van der Waals surface area contributed by atoms with Crippen LogP contribution in [0.5, 0.6) is 5.75 Å². The maximum Gasteiger partial charge on any atom is 0.309 e. The number of hydrogen-bond donors (Lipinski definition) is 1. The first-order valence-electron chi connectivity index (χ1n) is 5.98. The molecule has 1 aromatic carbocycles. The molecule has 0 saturated heterocycles. The number of nitrogens with zero attached hydrogens (tertiary/aromatic N) is 1. The second-order valence-electron chi connectivity index (χ2n) is 4.41. The van der Waals surface area contributed by atoms with Gasteiger partial charge in [-0.1, -0.05) is 0 Å². The third-order valence-corrected chi connectivity index (χ3v) is 2.36. The van der Waals surface area contributed by atoms with Crippen LogP contribution in [0.25, 0.3) is 11.5 Å². The second kappa shape index (κ2) is 5.56. The molecule has 2 rings (SSSR count). The second-order valence-corrected chi connectivity index (χ2v) is 4.41. The molecule has 1 heterocycles. The van der Waals surface area contributed by atoms with Gasteiger partial charge in [0.25, 0.3) is 0 Å². The molecule has 0 aliphatic heterocycles. The number of aliphatic carboxylic acids is 1. The Morgan fingerprint density at radius 1 is 1.37 bits per heavy atom. The fraction of sp³-hybridized carbons (Fsp3) is 0.286. The molecule has 0 atom stereocenters. The molecule has 1 N–H and O–H groups in total. The first-order chi connectivity index (χ1) is 9.04. The average Bonchev–Trinajstić information content (AvgIpc) is 2.76. The van der Waals surface area contributed by atoms with Gasteiger partial charge in [-0.25, -0.2) is 4.98 Å². The van der Waals surface area contributed by atoms with Gasteiger partial charge in [-0.15, -0.1) is 0 Å². The summed E-state index contributed by atoms with van der Waals surface area (Å²) in [6.07, 6.45) is 1.34. The summed E-state index contributed by atoms with van der Waals surface area (Å²) < 4.78 is 10.8. The molecule has 0 bridgehead atoms. The van der Waals surface area contributed by atoms with E-state index >= 15 is 0 Å². The van der Waals surface area contributed by atoms with Crippen LogP contribution in [0.4, 0.5) is 0 Å². The lowest BCUT2D eigenvalue weighted by Gasteiger charge is -2.09. The smallest absolute Gasteiger partial charge is 0.309 e. The molecule has 1 aromatic heterocycles. The molecular weight excluding hydrogens is 246 g/mol. The predicted octanol–water partition coefficient (Wildman–Crippen LogP) is 2.76. The van der Waals surface area contributed by atoms with Gasteiger partial charge in [0.1, 0.15) is 12.0 Å². The highest BCUT2D eigenvalue weighted by Crippen LogP contribution is 2.22. The van der Waals surface area contributed by atoms with E-state index in [1.54, 1.807) is 0 Å². The Bertz CT molecular complexity index is 557. The molecule has 2 aromatic rings. The van der Waals surface area contributed by atoms with Crippen LogP contribution in [0, 0.1) is 0 Å². The van der Waals surface area contributed by atoms with Crippen LogP contribution in [0.15, 0.2) is 34.9 Å². The van der Waals surface area contributed by atoms with Crippen molar-refractivity contribution in [3.8, 4) is 17.2 Å². The number of oxazole rings is 1. The van der Waals surface area contributed by atoms with E-state index in [-0.39, 0.29) is 12.5 Å². The van der Waals surface area contributed by atoms with Gasteiger partial charge in [0.15, 0.2) is 0 Å². The highest BCUT2D eigenvalue weighted by Gasteiger charge is 2.09. The van der Waals surface area contributed by atoms with Gasteiger partial charge in [-0.2, -0.15) is 0 Å². The van der Waals surface area contributed by atoms with Crippen molar-refractivity contribution in [2.24, 2.45) is 0 Å². The minimum atomic E-state index is -0.930. The Labute approximate surface area is 110 Å². The topological polar surface area (TPSA) is 72.6 Å². The van der Waals surface area contributed by atoms with Crippen LogP contribution in [0.1, 0.15) is 19.5 Å². The van der Waals surface area contributed by atoms with Crippen LogP contribution in [-0.4, -0.2) is 22.2 Å². The van der Waals surface area contributed by atoms with Crippen molar-refractivity contribution in [3.05, 3.63) is 36.2 Å². The summed E-state index contributed by atoms with van der Waals surface area (Å²) in [6, 6.07) is 7.31. The number of carboxylic acid groups (broad SMARTS) is 1. The van der Waals surface area contributed by atoms with Crippen molar-refractivity contribution in [1.29, 1.82) is 0 Å². The fourth-order valence-electron chi connectivity index (χ4n) is 1.62. The van der Waals surface area contributed by atoms with Crippen LogP contribution in [-0.2, 0) is 11.2 Å². The first-order valence-corrected chi connectivity index (χ1v) is 5.98. The Morgan fingerprint density at radius 2 is 2.05 bits per heavy atom. The summed E-state index contributed by atoms with van der Waals surface area (Å²) in [5.41, 5.74) is 1.19. The lowest BCUT2D eigenvalue weighted by molar-refractivity contribution is -0.136. The van der Waals surface area contributed by atoms with Gasteiger partial charge < -0.3 is 14.3 Å². The van der Waals surface area contributed by atoms with Crippen molar-refractivity contribution >= 4 is 5.97 Å². The van der Waals surface area contributed by atoms with Crippen molar-refractivity contribution in [2.75, 3.05) is 0 Å². The van der Waals surface area contributed by atoms with Crippen LogP contribution in [0.3, 0.4) is 0 Å². The van der Waals surface area contributed by atoms with Crippen LogP contribution in [0.2, 0.25) is 0 Å².